The predicted molar refractivity (Wildman–Crippen MR) is 49.4 cm³/mol. The lowest BCUT2D eigenvalue weighted by Crippen LogP contribution is -2.43. The molecule has 0 saturated carbocycles. The molecule has 1 heterocycles. The zero-order valence-electron chi connectivity index (χ0n) is 7.11. The van der Waals surface area contributed by atoms with Gasteiger partial charge in [-0.2, -0.15) is 0 Å². The molecule has 1 saturated heterocycles. The van der Waals surface area contributed by atoms with Crippen LogP contribution in [-0.2, 0) is 10.8 Å². The molecule has 4 nitrogen and oxygen atoms in total. The fourth-order valence-corrected chi connectivity index (χ4v) is 2.36. The Labute approximate surface area is 75.2 Å². The average molecular weight is 192 g/mol. The Kier molecular flexibility index (Phi) is 4.14. The van der Waals surface area contributed by atoms with E-state index < -0.39 is 16.9 Å². The van der Waals surface area contributed by atoms with Gasteiger partial charge in [-0.3, -0.25) is 9.11 Å². The maximum atomic E-state index is 11.0. The molecule has 0 amide bonds. The molecule has 0 aromatic heterocycles. The van der Waals surface area contributed by atoms with Gasteiger partial charge in [0.2, 0.25) is 0 Å². The second kappa shape index (κ2) is 4.91. The van der Waals surface area contributed by atoms with Crippen molar-refractivity contribution in [2.75, 3.05) is 37.7 Å². The average Bonchev–Trinajstić information content (AvgIpc) is 2.09. The molecule has 1 aliphatic rings. The van der Waals surface area contributed by atoms with Crippen molar-refractivity contribution in [3.63, 3.8) is 0 Å². The van der Waals surface area contributed by atoms with Crippen molar-refractivity contribution in [1.29, 1.82) is 0 Å². The molecule has 0 aromatic carbocycles. The van der Waals surface area contributed by atoms with Crippen molar-refractivity contribution in [3.05, 3.63) is 0 Å². The van der Waals surface area contributed by atoms with Gasteiger partial charge in [0.25, 0.3) is 0 Å². The molecule has 1 fully saturated rings. The fraction of sp³-hybridized carbons (Fsp3) is 1.00. The SMILES string of the molecule is NC[C@H](O)CN1CCS(=O)CC1. The highest BCUT2D eigenvalue weighted by Gasteiger charge is 2.16. The second-order valence-electron chi connectivity index (χ2n) is 3.04. The molecule has 0 unspecified atom stereocenters. The molecule has 1 aliphatic heterocycles. The van der Waals surface area contributed by atoms with Crippen LogP contribution in [0, 0.1) is 0 Å². The number of hydrogen-bond acceptors (Lipinski definition) is 4. The van der Waals surface area contributed by atoms with Crippen molar-refractivity contribution >= 4 is 10.8 Å². The van der Waals surface area contributed by atoms with Crippen molar-refractivity contribution in [1.82, 2.24) is 4.90 Å². The van der Waals surface area contributed by atoms with Gasteiger partial charge in [0, 0.05) is 48.5 Å². The Morgan fingerprint density at radius 3 is 2.58 bits per heavy atom. The largest absolute Gasteiger partial charge is 0.390 e. The van der Waals surface area contributed by atoms with E-state index in [4.69, 9.17) is 5.73 Å². The number of nitrogens with zero attached hydrogens (tertiary/aromatic N) is 1. The highest BCUT2D eigenvalue weighted by Crippen LogP contribution is 2.00. The zero-order chi connectivity index (χ0) is 8.97. The van der Waals surface area contributed by atoms with E-state index in [9.17, 15) is 9.32 Å². The lowest BCUT2D eigenvalue weighted by Gasteiger charge is -2.27. The molecule has 5 heteroatoms. The topological polar surface area (TPSA) is 66.6 Å². The van der Waals surface area contributed by atoms with Crippen LogP contribution in [0.2, 0.25) is 0 Å². The Balaban J connectivity index is 2.21. The van der Waals surface area contributed by atoms with E-state index in [1.54, 1.807) is 0 Å². The Hall–Kier alpha value is 0.0300. The molecule has 1 atom stereocenters. The third-order valence-electron chi connectivity index (χ3n) is 2.01. The van der Waals surface area contributed by atoms with Crippen LogP contribution >= 0.6 is 0 Å². The van der Waals surface area contributed by atoms with Gasteiger partial charge in [-0.25, -0.2) is 0 Å². The van der Waals surface area contributed by atoms with Gasteiger partial charge in [0.15, 0.2) is 0 Å². The number of β-amino-alcohol motifs (C(OH)–C–C–N with tert-alkyl or cyclic N) is 1. The smallest absolute Gasteiger partial charge is 0.0789 e. The van der Waals surface area contributed by atoms with Crippen LogP contribution in [-0.4, -0.2) is 58.0 Å². The van der Waals surface area contributed by atoms with Crippen LogP contribution in [0.5, 0.6) is 0 Å². The van der Waals surface area contributed by atoms with E-state index in [1.165, 1.54) is 0 Å². The summed E-state index contributed by atoms with van der Waals surface area (Å²) >= 11 is 0. The first-order valence-electron chi connectivity index (χ1n) is 4.18. The van der Waals surface area contributed by atoms with Gasteiger partial charge in [-0.1, -0.05) is 0 Å². The first-order chi connectivity index (χ1) is 5.72. The summed E-state index contributed by atoms with van der Waals surface area (Å²) in [6.07, 6.45) is -0.434. The summed E-state index contributed by atoms with van der Waals surface area (Å²) in [6, 6.07) is 0. The Morgan fingerprint density at radius 1 is 1.50 bits per heavy atom. The molecule has 1 rings (SSSR count). The van der Waals surface area contributed by atoms with Gasteiger partial charge < -0.3 is 10.8 Å². The van der Waals surface area contributed by atoms with Crippen molar-refractivity contribution in [3.8, 4) is 0 Å². The van der Waals surface area contributed by atoms with Crippen molar-refractivity contribution < 1.29 is 9.32 Å². The molecule has 0 aliphatic carbocycles. The van der Waals surface area contributed by atoms with Gasteiger partial charge in [-0.05, 0) is 0 Å². The van der Waals surface area contributed by atoms with Crippen LogP contribution in [0.25, 0.3) is 0 Å². The third kappa shape index (κ3) is 3.18. The van der Waals surface area contributed by atoms with Crippen molar-refractivity contribution in [2.45, 2.75) is 6.10 Å². The third-order valence-corrected chi connectivity index (χ3v) is 3.29. The standard InChI is InChI=1S/C7H16N2O2S/c8-5-7(10)6-9-1-3-12(11)4-2-9/h7,10H,1-6,8H2/t7-/m0/s1. The molecule has 0 bridgehead atoms. The first-order valence-corrected chi connectivity index (χ1v) is 5.66. The van der Waals surface area contributed by atoms with Gasteiger partial charge in [0.1, 0.15) is 0 Å². The summed E-state index contributed by atoms with van der Waals surface area (Å²) in [6.45, 7) is 2.57. The van der Waals surface area contributed by atoms with E-state index >= 15 is 0 Å². The lowest BCUT2D eigenvalue weighted by atomic mass is 10.3. The summed E-state index contributed by atoms with van der Waals surface area (Å²) in [5.74, 6) is 1.47. The minimum atomic E-state index is -0.632. The molecular formula is C7H16N2O2S. The number of aliphatic hydroxyl groups is 1. The monoisotopic (exact) mass is 192 g/mol. The summed E-state index contributed by atoms with van der Waals surface area (Å²) in [5, 5.41) is 9.23. The number of hydrogen-bond donors (Lipinski definition) is 2. The molecule has 0 aromatic rings. The summed E-state index contributed by atoms with van der Waals surface area (Å²) in [4.78, 5) is 2.11. The molecule has 0 spiro atoms. The number of aliphatic hydroxyl groups excluding tert-OH is 1. The molecule has 72 valence electrons. The lowest BCUT2D eigenvalue weighted by molar-refractivity contribution is 0.124. The van der Waals surface area contributed by atoms with E-state index in [0.717, 1.165) is 24.6 Å². The fourth-order valence-electron chi connectivity index (χ4n) is 1.23. The minimum absolute atomic E-state index is 0.305. The maximum absolute atomic E-state index is 11.0. The van der Waals surface area contributed by atoms with E-state index in [1.807, 2.05) is 0 Å². The van der Waals surface area contributed by atoms with Crippen LogP contribution in [0.4, 0.5) is 0 Å². The van der Waals surface area contributed by atoms with Crippen LogP contribution in [0.15, 0.2) is 0 Å². The first kappa shape index (κ1) is 10.1. The normalized spacial score (nSPS) is 24.2. The highest BCUT2D eigenvalue weighted by atomic mass is 32.2. The highest BCUT2D eigenvalue weighted by molar-refractivity contribution is 7.85. The van der Waals surface area contributed by atoms with E-state index in [0.29, 0.717) is 13.1 Å². The van der Waals surface area contributed by atoms with Crippen LogP contribution in [0.1, 0.15) is 0 Å². The predicted octanol–water partition coefficient (Wildman–Crippen LogP) is -1.63. The molecule has 0 radical (unpaired) electrons. The number of nitrogens with two attached hydrogens (primary N) is 1. The second-order valence-corrected chi connectivity index (χ2v) is 4.73. The van der Waals surface area contributed by atoms with Gasteiger partial charge in [0.05, 0.1) is 6.10 Å². The van der Waals surface area contributed by atoms with Crippen LogP contribution in [0.3, 0.4) is 0 Å². The Bertz CT molecular complexity index is 155. The molecule has 12 heavy (non-hydrogen) atoms. The van der Waals surface area contributed by atoms with E-state index in [2.05, 4.69) is 4.90 Å². The van der Waals surface area contributed by atoms with Gasteiger partial charge >= 0.3 is 0 Å². The summed E-state index contributed by atoms with van der Waals surface area (Å²) in [5.41, 5.74) is 5.28. The molecule has 3 N–H and O–H groups in total. The Morgan fingerprint density at radius 2 is 2.08 bits per heavy atom. The minimum Gasteiger partial charge on any atom is -0.390 e. The van der Waals surface area contributed by atoms with Crippen LogP contribution < -0.4 is 5.73 Å². The number of rotatable bonds is 3. The van der Waals surface area contributed by atoms with Crippen molar-refractivity contribution in [2.24, 2.45) is 5.73 Å². The summed E-state index contributed by atoms with van der Waals surface area (Å²) < 4.78 is 11.0. The molecular weight excluding hydrogens is 176 g/mol. The van der Waals surface area contributed by atoms with Gasteiger partial charge in [-0.15, -0.1) is 0 Å². The quantitative estimate of drug-likeness (QED) is 0.563. The van der Waals surface area contributed by atoms with E-state index in [-0.39, 0.29) is 0 Å². The summed E-state index contributed by atoms with van der Waals surface area (Å²) in [7, 11) is -0.632. The zero-order valence-corrected chi connectivity index (χ0v) is 7.92. The maximum Gasteiger partial charge on any atom is 0.0789 e.